The van der Waals surface area contributed by atoms with Crippen LogP contribution in [-0.2, 0) is 5.75 Å². The molecule has 0 nitrogen and oxygen atoms in total. The molecule has 2 atom stereocenters. The van der Waals surface area contributed by atoms with Gasteiger partial charge in [0.2, 0.25) is 0 Å². The number of rotatable bonds is 2. The van der Waals surface area contributed by atoms with Crippen molar-refractivity contribution in [1.82, 2.24) is 0 Å². The molecule has 0 bridgehead atoms. The molecule has 0 spiro atoms. The summed E-state index contributed by atoms with van der Waals surface area (Å²) >= 11 is 93.2. The highest BCUT2D eigenvalue weighted by Gasteiger charge is 2.49. The predicted octanol–water partition coefficient (Wildman–Crippen LogP) is 22.2. The van der Waals surface area contributed by atoms with Gasteiger partial charge in [0.25, 0.3) is 0 Å². The van der Waals surface area contributed by atoms with E-state index < -0.39 is 19.5 Å². The van der Waals surface area contributed by atoms with Gasteiger partial charge in [-0.2, -0.15) is 12.6 Å². The van der Waals surface area contributed by atoms with Gasteiger partial charge >= 0.3 is 0 Å². The summed E-state index contributed by atoms with van der Waals surface area (Å²) in [5.41, 5.74) is 4.09. The second kappa shape index (κ2) is 12.6. The average molecular weight is 1120 g/mol. The molecule has 2 unspecified atom stereocenters. The zero-order valence-corrected chi connectivity index (χ0v) is 41.7. The first-order valence-corrected chi connectivity index (χ1v) is 26.9. The lowest BCUT2D eigenvalue weighted by atomic mass is 9.60. The SMILES string of the molecule is SCc1cc2c3c(c1)c1c(Cl)c(Cl)c(Cl)c4c5c(Cl)c(Cl)c(Cl)c6c7cc(S(Cl)(Cl)Cl)cc8c9c(Cl)c(Cl)c(Cl)c%10c9c9c(c3c(c14)c(c65)c9c87)C1C2=C(Cl)C(Cl)=C(Cl)C%101. The number of thiol groups is 1. The zero-order valence-electron chi connectivity index (χ0n) is 28.7. The number of halogens is 15. The van der Waals surface area contributed by atoms with Gasteiger partial charge in [0.15, 0.2) is 0 Å². The fourth-order valence-corrected chi connectivity index (χ4v) is 16.1. The van der Waals surface area contributed by atoms with E-state index in [0.717, 1.165) is 76.1 Å². The van der Waals surface area contributed by atoms with E-state index in [0.29, 0.717) is 69.4 Å². The van der Waals surface area contributed by atoms with Crippen molar-refractivity contribution in [2.75, 3.05) is 0 Å². The molecule has 0 radical (unpaired) electrons. The average Bonchev–Trinajstić information content (AvgIpc) is 3.22. The van der Waals surface area contributed by atoms with E-state index in [-0.39, 0.29) is 50.2 Å². The summed E-state index contributed by atoms with van der Waals surface area (Å²) in [6.45, 7) is 0. The van der Waals surface area contributed by atoms with E-state index in [9.17, 15) is 0 Å². The molecule has 298 valence electrons. The lowest BCUT2D eigenvalue weighted by molar-refractivity contribution is 0.738. The Kier molecular flexibility index (Phi) is 8.46. The Labute approximate surface area is 418 Å². The molecule has 0 saturated heterocycles. The first-order valence-electron chi connectivity index (χ1n) is 17.7. The van der Waals surface area contributed by atoms with Crippen LogP contribution in [0, 0.1) is 0 Å². The van der Waals surface area contributed by atoms with E-state index in [1.807, 2.05) is 12.1 Å². The zero-order chi connectivity index (χ0) is 42.0. The van der Waals surface area contributed by atoms with Gasteiger partial charge in [0.05, 0.1) is 55.3 Å². The summed E-state index contributed by atoms with van der Waals surface area (Å²) in [5, 5.41) is 15.6. The fraction of sp³-hybridized carbons (Fsp3) is 0.0698. The van der Waals surface area contributed by atoms with Crippen molar-refractivity contribution >= 4 is 294 Å². The smallest absolute Gasteiger partial charge is 0.0791 e. The van der Waals surface area contributed by atoms with Crippen molar-refractivity contribution in [1.29, 1.82) is 0 Å². The lowest BCUT2D eigenvalue weighted by Crippen LogP contribution is -2.25. The largest absolute Gasteiger partial charge is 0.175 e. The van der Waals surface area contributed by atoms with Crippen LogP contribution in [0.5, 0.6) is 0 Å². The molecule has 3 aliphatic rings. The van der Waals surface area contributed by atoms with Crippen LogP contribution in [0.15, 0.2) is 44.3 Å². The third-order valence-corrected chi connectivity index (χ3v) is 21.2. The van der Waals surface area contributed by atoms with Gasteiger partial charge in [-0.15, -0.1) is 0 Å². The maximum atomic E-state index is 7.48. The quantitative estimate of drug-likeness (QED) is 0.0758. The molecule has 13 rings (SSSR count). The van der Waals surface area contributed by atoms with Crippen molar-refractivity contribution < 1.29 is 0 Å². The van der Waals surface area contributed by atoms with Gasteiger partial charge in [0.1, 0.15) is 0 Å². The molecule has 10 aromatic rings. The number of fused-ring (bicyclic) bond motifs is 6. The Morgan fingerprint density at radius 2 is 0.833 bits per heavy atom. The van der Waals surface area contributed by atoms with Crippen LogP contribution in [0.1, 0.15) is 34.1 Å². The highest BCUT2D eigenvalue weighted by Crippen LogP contribution is 2.73. The van der Waals surface area contributed by atoms with Crippen LogP contribution < -0.4 is 0 Å². The minimum atomic E-state index is -2.96. The predicted molar refractivity (Wildman–Crippen MR) is 276 cm³/mol. The van der Waals surface area contributed by atoms with Crippen LogP contribution in [0.25, 0.3) is 103 Å². The minimum Gasteiger partial charge on any atom is -0.175 e. The van der Waals surface area contributed by atoms with Gasteiger partial charge in [-0.05, 0) is 138 Å². The monoisotopic (exact) mass is 1110 g/mol. The molecule has 17 heteroatoms. The van der Waals surface area contributed by atoms with Gasteiger partial charge in [-0.1, -0.05) is 139 Å². The molecule has 0 N–H and O–H groups in total. The van der Waals surface area contributed by atoms with Crippen LogP contribution >= 0.6 is 192 Å². The third-order valence-electron chi connectivity index (χ3n) is 13.1. The van der Waals surface area contributed by atoms with E-state index >= 15 is 0 Å². The van der Waals surface area contributed by atoms with Gasteiger partial charge in [-0.3, -0.25) is 0 Å². The molecule has 0 amide bonds. The van der Waals surface area contributed by atoms with Crippen LogP contribution in [-0.4, -0.2) is 0 Å². The van der Waals surface area contributed by atoms with Crippen molar-refractivity contribution in [2.24, 2.45) is 0 Å². The van der Waals surface area contributed by atoms with E-state index in [2.05, 4.69) is 12.1 Å². The summed E-state index contributed by atoms with van der Waals surface area (Å²) in [6, 6.07) is 7.89. The van der Waals surface area contributed by atoms with Gasteiger partial charge < -0.3 is 0 Å². The Bertz CT molecular complexity index is 3940. The number of hydrogen-bond acceptors (Lipinski definition) is 1. The first-order chi connectivity index (χ1) is 28.4. The molecule has 0 heterocycles. The number of benzene rings is 10. The van der Waals surface area contributed by atoms with Crippen LogP contribution in [0.2, 0.25) is 45.2 Å². The van der Waals surface area contributed by atoms with E-state index in [4.69, 9.17) is 184 Å². The van der Waals surface area contributed by atoms with Crippen molar-refractivity contribution in [3.05, 3.63) is 107 Å². The van der Waals surface area contributed by atoms with E-state index in [1.54, 1.807) is 0 Å². The molecule has 60 heavy (non-hydrogen) atoms. The van der Waals surface area contributed by atoms with E-state index in [1.165, 1.54) is 0 Å². The molecule has 0 fully saturated rings. The molecule has 0 saturated carbocycles. The Balaban J connectivity index is 1.56. The molecular formula is C43H9Cl15S2. The Morgan fingerprint density at radius 1 is 0.400 bits per heavy atom. The molecular weight excluding hydrogens is 1110 g/mol. The maximum Gasteiger partial charge on any atom is 0.0791 e. The second-order valence-electron chi connectivity index (χ2n) is 15.4. The second-order valence-corrected chi connectivity index (χ2v) is 27.2. The minimum absolute atomic E-state index is 0.101. The van der Waals surface area contributed by atoms with Crippen molar-refractivity contribution in [3.63, 3.8) is 0 Å². The summed E-state index contributed by atoms with van der Waals surface area (Å²) in [7, 11) is 17.6. The summed E-state index contributed by atoms with van der Waals surface area (Å²) < 4.78 is 0. The van der Waals surface area contributed by atoms with Crippen molar-refractivity contribution in [2.45, 2.75) is 22.5 Å². The summed E-state index contributed by atoms with van der Waals surface area (Å²) in [6.07, 6.45) is 0. The normalized spacial score (nSPS) is 18.2. The highest BCUT2D eigenvalue weighted by atomic mass is 36.2. The molecule has 0 aliphatic heterocycles. The first kappa shape index (κ1) is 40.2. The summed E-state index contributed by atoms with van der Waals surface area (Å²) in [5.74, 6) is -0.782. The van der Waals surface area contributed by atoms with Crippen LogP contribution in [0.4, 0.5) is 0 Å². The standard InChI is InChI=1S/C43H9Cl15S2/c44-32-14-8-1-6(5-59)2-9-12(8)18-24-20(14)28(36(48)40(32)52)30-22-16(34(46)42(54)38(30)50)10-3-7(60(56,57)58)4-11-13(10)19(26(22)24)27-23-17(11)35(47)43(55)39(51)31(23)29-21(25(18)27)15(9)33(45)41(53)37(29)49/h1-4,20,28,59H,5H2. The maximum absolute atomic E-state index is 7.48. The molecule has 10 aromatic carbocycles. The Hall–Kier alpha value is -0.150. The highest BCUT2D eigenvalue weighted by molar-refractivity contribution is 8.79. The summed E-state index contributed by atoms with van der Waals surface area (Å²) in [4.78, 5) is 0.411. The van der Waals surface area contributed by atoms with Crippen LogP contribution in [0.3, 0.4) is 0 Å². The third kappa shape index (κ3) is 4.33. The molecule has 0 aromatic heterocycles. The fourth-order valence-electron chi connectivity index (χ4n) is 11.2. The molecule has 3 aliphatic carbocycles. The number of allylic oxidation sites excluding steroid dienone is 4. The number of hydrogen-bond donors (Lipinski definition) is 1. The van der Waals surface area contributed by atoms with Gasteiger partial charge in [0, 0.05) is 78.3 Å². The van der Waals surface area contributed by atoms with Crippen molar-refractivity contribution in [3.8, 4) is 0 Å². The Morgan fingerprint density at radius 3 is 1.38 bits per heavy atom. The van der Waals surface area contributed by atoms with Gasteiger partial charge in [-0.25, -0.2) is 0 Å². The lowest BCUT2D eigenvalue weighted by Gasteiger charge is -2.44. The topological polar surface area (TPSA) is 0 Å².